The Labute approximate surface area is 152 Å². The smallest absolute Gasteiger partial charge is 0.234 e. The molecule has 0 saturated heterocycles. The fourth-order valence-corrected chi connectivity index (χ4v) is 3.53. The van der Waals surface area contributed by atoms with Gasteiger partial charge >= 0.3 is 0 Å². The third kappa shape index (κ3) is 4.12. The second kappa shape index (κ2) is 7.19. The number of carbonyl (C=O) groups excluding carboxylic acids is 1. The molecule has 0 fully saturated rings. The van der Waals surface area contributed by atoms with Crippen molar-refractivity contribution < 1.29 is 13.6 Å². The molecule has 1 aliphatic rings. The largest absolute Gasteiger partial charge is 0.350 e. The van der Waals surface area contributed by atoms with Gasteiger partial charge in [0.15, 0.2) is 0 Å². The molecule has 0 bridgehead atoms. The number of amides is 1. The number of aryl methyl sites for hydroxylation is 1. The van der Waals surface area contributed by atoms with Gasteiger partial charge in [0, 0.05) is 42.1 Å². The molecule has 0 radical (unpaired) electrons. The maximum atomic E-state index is 14.6. The van der Waals surface area contributed by atoms with Crippen LogP contribution in [0.1, 0.15) is 44.5 Å². The predicted octanol–water partition coefficient (Wildman–Crippen LogP) is 3.48. The topological polar surface area (TPSA) is 37.3 Å². The van der Waals surface area contributed by atoms with Crippen LogP contribution in [-0.2, 0) is 11.3 Å². The van der Waals surface area contributed by atoms with Gasteiger partial charge in [0.05, 0.1) is 12.6 Å². The summed E-state index contributed by atoms with van der Waals surface area (Å²) in [4.78, 5) is 14.5. The van der Waals surface area contributed by atoms with E-state index in [9.17, 15) is 13.6 Å². The zero-order valence-corrected chi connectivity index (χ0v) is 15.4. The van der Waals surface area contributed by atoms with E-state index < -0.39 is 17.7 Å². The van der Waals surface area contributed by atoms with Crippen molar-refractivity contribution in [2.75, 3.05) is 13.1 Å². The van der Waals surface area contributed by atoms with E-state index in [2.05, 4.69) is 9.88 Å². The first kappa shape index (κ1) is 18.6. The van der Waals surface area contributed by atoms with Gasteiger partial charge in [-0.05, 0) is 45.4 Å². The lowest BCUT2D eigenvalue weighted by Crippen LogP contribution is -2.47. The molecule has 6 heteroatoms. The highest BCUT2D eigenvalue weighted by atomic mass is 19.1. The molecule has 0 spiro atoms. The fourth-order valence-electron chi connectivity index (χ4n) is 3.53. The average molecular weight is 361 g/mol. The van der Waals surface area contributed by atoms with Crippen molar-refractivity contribution in [1.82, 2.24) is 14.8 Å². The molecule has 1 aromatic carbocycles. The number of hydrogen-bond acceptors (Lipinski definition) is 2. The third-order valence-electron chi connectivity index (χ3n) is 4.47. The van der Waals surface area contributed by atoms with E-state index in [1.807, 2.05) is 44.0 Å². The van der Waals surface area contributed by atoms with E-state index in [1.165, 1.54) is 12.1 Å². The highest BCUT2D eigenvalue weighted by Crippen LogP contribution is 2.33. The van der Waals surface area contributed by atoms with Crippen molar-refractivity contribution in [2.24, 2.45) is 0 Å². The molecule has 1 aliphatic heterocycles. The third-order valence-corrected chi connectivity index (χ3v) is 4.47. The van der Waals surface area contributed by atoms with Crippen LogP contribution in [0, 0.1) is 11.6 Å². The van der Waals surface area contributed by atoms with Crippen LogP contribution >= 0.6 is 0 Å². The Bertz CT molecular complexity index is 795. The second-order valence-electron chi connectivity index (χ2n) is 7.82. The zero-order chi connectivity index (χ0) is 18.9. The van der Waals surface area contributed by atoms with Crippen molar-refractivity contribution >= 4 is 5.91 Å². The molecule has 2 heterocycles. The lowest BCUT2D eigenvalue weighted by atomic mass is 10.0. The number of carbonyl (C=O) groups is 1. The first-order valence-electron chi connectivity index (χ1n) is 8.90. The molecule has 1 amide bonds. The Balaban J connectivity index is 1.97. The van der Waals surface area contributed by atoms with Crippen LogP contribution in [0.5, 0.6) is 0 Å². The van der Waals surface area contributed by atoms with E-state index >= 15 is 0 Å². The van der Waals surface area contributed by atoms with E-state index in [4.69, 9.17) is 0 Å². The van der Waals surface area contributed by atoms with Crippen LogP contribution in [0.15, 0.2) is 36.5 Å². The fraction of sp³-hybridized carbons (Fsp3) is 0.450. The van der Waals surface area contributed by atoms with Crippen LogP contribution in [0.4, 0.5) is 8.78 Å². The number of nitrogens with zero attached hydrogens (tertiary/aromatic N) is 2. The van der Waals surface area contributed by atoms with Crippen LogP contribution in [0.2, 0.25) is 0 Å². The quantitative estimate of drug-likeness (QED) is 0.909. The van der Waals surface area contributed by atoms with Gasteiger partial charge in [-0.1, -0.05) is 6.07 Å². The SMILES string of the molecule is CC(C)(C)NC(=O)CN1CCCn2cccc2C1c1ccc(F)cc1F. The molecule has 1 atom stereocenters. The average Bonchev–Trinajstić information content (AvgIpc) is 2.89. The van der Waals surface area contributed by atoms with Gasteiger partial charge in [-0.15, -0.1) is 0 Å². The van der Waals surface area contributed by atoms with Gasteiger partial charge < -0.3 is 9.88 Å². The Morgan fingerprint density at radius 2 is 2.00 bits per heavy atom. The van der Waals surface area contributed by atoms with Gasteiger partial charge in [-0.3, -0.25) is 9.69 Å². The normalized spacial score (nSPS) is 18.3. The number of aromatic nitrogens is 1. The maximum absolute atomic E-state index is 14.6. The number of hydrogen-bond donors (Lipinski definition) is 1. The molecule has 2 aromatic rings. The number of rotatable bonds is 3. The van der Waals surface area contributed by atoms with Crippen molar-refractivity contribution in [3.63, 3.8) is 0 Å². The first-order valence-corrected chi connectivity index (χ1v) is 8.90. The van der Waals surface area contributed by atoms with Crippen molar-refractivity contribution in [3.8, 4) is 0 Å². The molecule has 4 nitrogen and oxygen atoms in total. The van der Waals surface area contributed by atoms with E-state index in [0.29, 0.717) is 12.1 Å². The summed E-state index contributed by atoms with van der Waals surface area (Å²) in [6.07, 6.45) is 2.81. The molecular formula is C20H25F2N3O. The molecule has 3 rings (SSSR count). The standard InChI is InChI=1S/C20H25F2N3O/c1-20(2,3)23-18(26)13-25-11-5-10-24-9-4-6-17(24)19(25)15-8-7-14(21)12-16(15)22/h4,6-9,12,19H,5,10-11,13H2,1-3H3,(H,23,26). The summed E-state index contributed by atoms with van der Waals surface area (Å²) < 4.78 is 30.1. The molecule has 1 unspecified atom stereocenters. The molecule has 0 aliphatic carbocycles. The zero-order valence-electron chi connectivity index (χ0n) is 15.4. The summed E-state index contributed by atoms with van der Waals surface area (Å²) in [7, 11) is 0. The monoisotopic (exact) mass is 361 g/mol. The minimum Gasteiger partial charge on any atom is -0.350 e. The highest BCUT2D eigenvalue weighted by molar-refractivity contribution is 5.78. The molecule has 26 heavy (non-hydrogen) atoms. The molecule has 0 saturated carbocycles. The van der Waals surface area contributed by atoms with Crippen LogP contribution in [0.25, 0.3) is 0 Å². The summed E-state index contributed by atoms with van der Waals surface area (Å²) in [5.41, 5.74) is 0.966. The Morgan fingerprint density at radius 3 is 2.69 bits per heavy atom. The van der Waals surface area contributed by atoms with Gasteiger partial charge in [-0.25, -0.2) is 8.78 Å². The predicted molar refractivity (Wildman–Crippen MR) is 96.7 cm³/mol. The lowest BCUT2D eigenvalue weighted by molar-refractivity contribution is -0.124. The highest BCUT2D eigenvalue weighted by Gasteiger charge is 2.31. The molecule has 1 aromatic heterocycles. The van der Waals surface area contributed by atoms with Gasteiger partial charge in [0.25, 0.3) is 0 Å². The Kier molecular flexibility index (Phi) is 5.14. The summed E-state index contributed by atoms with van der Waals surface area (Å²) >= 11 is 0. The van der Waals surface area contributed by atoms with Crippen molar-refractivity contribution in [2.45, 2.75) is 45.3 Å². The molecule has 1 N–H and O–H groups in total. The first-order chi connectivity index (χ1) is 12.2. The summed E-state index contributed by atoms with van der Waals surface area (Å²) in [6, 6.07) is 7.08. The molecule has 140 valence electrons. The lowest BCUT2D eigenvalue weighted by Gasteiger charge is -2.31. The van der Waals surface area contributed by atoms with Crippen molar-refractivity contribution in [1.29, 1.82) is 0 Å². The van der Waals surface area contributed by atoms with Crippen LogP contribution in [0.3, 0.4) is 0 Å². The number of nitrogens with one attached hydrogen (secondary N) is 1. The van der Waals surface area contributed by atoms with E-state index in [-0.39, 0.29) is 18.0 Å². The molecular weight excluding hydrogens is 336 g/mol. The summed E-state index contributed by atoms with van der Waals surface area (Å²) in [6.45, 7) is 7.39. The van der Waals surface area contributed by atoms with Crippen molar-refractivity contribution in [3.05, 3.63) is 59.4 Å². The summed E-state index contributed by atoms with van der Waals surface area (Å²) in [5.74, 6) is -1.30. The Hall–Kier alpha value is -2.21. The summed E-state index contributed by atoms with van der Waals surface area (Å²) in [5, 5.41) is 2.96. The van der Waals surface area contributed by atoms with Gasteiger partial charge in [0.2, 0.25) is 5.91 Å². The van der Waals surface area contributed by atoms with E-state index in [1.54, 1.807) is 0 Å². The minimum atomic E-state index is -0.604. The number of fused-ring (bicyclic) bond motifs is 1. The Morgan fingerprint density at radius 1 is 1.23 bits per heavy atom. The van der Waals surface area contributed by atoms with Gasteiger partial charge in [0.1, 0.15) is 11.6 Å². The number of halogens is 2. The second-order valence-corrected chi connectivity index (χ2v) is 7.82. The van der Waals surface area contributed by atoms with Crippen LogP contribution < -0.4 is 5.32 Å². The van der Waals surface area contributed by atoms with E-state index in [0.717, 1.165) is 24.7 Å². The van der Waals surface area contributed by atoms with Crippen LogP contribution in [-0.4, -0.2) is 34.0 Å². The minimum absolute atomic E-state index is 0.106. The maximum Gasteiger partial charge on any atom is 0.234 e. The number of benzene rings is 1. The van der Waals surface area contributed by atoms with Gasteiger partial charge in [-0.2, -0.15) is 0 Å².